The molecular weight excluding hydrogens is 459 g/mol. The van der Waals surface area contributed by atoms with Gasteiger partial charge in [-0.25, -0.2) is 9.98 Å². The minimum Gasteiger partial charge on any atom is -0.493 e. The first-order valence-corrected chi connectivity index (χ1v) is 8.61. The Bertz CT molecular complexity index is 757. The number of fused-ring (bicyclic) bond motifs is 1. The quantitative estimate of drug-likeness (QED) is 0.272. The van der Waals surface area contributed by atoms with E-state index >= 15 is 0 Å². The Labute approximate surface area is 176 Å². The van der Waals surface area contributed by atoms with Crippen molar-refractivity contribution in [1.82, 2.24) is 10.3 Å². The standard InChI is InChI=1S/C19H24N4O3.HI/c1-24-11-12-26-18-14(5-4-9-21-18)13-22-19(20)23-16-8-10-25-17-7-3-2-6-15(16)17;/h2-7,9,16H,8,10-13H2,1H3,(H3,20,22,23);1H. The average Bonchev–Trinajstić information content (AvgIpc) is 2.68. The van der Waals surface area contributed by atoms with E-state index in [2.05, 4.69) is 15.3 Å². The lowest BCUT2D eigenvalue weighted by molar-refractivity contribution is 0.143. The molecule has 146 valence electrons. The van der Waals surface area contributed by atoms with E-state index < -0.39 is 0 Å². The second-order valence-corrected chi connectivity index (χ2v) is 5.88. The number of rotatable bonds is 7. The number of aliphatic imine (C=N–C) groups is 1. The van der Waals surface area contributed by atoms with Crippen molar-refractivity contribution in [3.63, 3.8) is 0 Å². The molecule has 1 aromatic carbocycles. The van der Waals surface area contributed by atoms with Crippen LogP contribution in [0.3, 0.4) is 0 Å². The van der Waals surface area contributed by atoms with Crippen molar-refractivity contribution in [1.29, 1.82) is 0 Å². The van der Waals surface area contributed by atoms with Crippen LogP contribution < -0.4 is 20.5 Å². The number of nitrogens with two attached hydrogens (primary N) is 1. The Morgan fingerprint density at radius 2 is 2.15 bits per heavy atom. The first kappa shape index (κ1) is 21.2. The van der Waals surface area contributed by atoms with Gasteiger partial charge in [-0.3, -0.25) is 0 Å². The molecule has 2 heterocycles. The zero-order valence-electron chi connectivity index (χ0n) is 15.3. The minimum absolute atomic E-state index is 0. The number of guanidine groups is 1. The van der Waals surface area contributed by atoms with Crippen LogP contribution in [0.5, 0.6) is 11.6 Å². The lowest BCUT2D eigenvalue weighted by atomic mass is 10.0. The van der Waals surface area contributed by atoms with Crippen molar-refractivity contribution >= 4 is 29.9 Å². The summed E-state index contributed by atoms with van der Waals surface area (Å²) < 4.78 is 16.3. The van der Waals surface area contributed by atoms with E-state index in [1.807, 2.05) is 36.4 Å². The Morgan fingerprint density at radius 1 is 1.30 bits per heavy atom. The third kappa shape index (κ3) is 5.96. The van der Waals surface area contributed by atoms with Crippen molar-refractivity contribution < 1.29 is 14.2 Å². The van der Waals surface area contributed by atoms with Gasteiger partial charge < -0.3 is 25.3 Å². The highest BCUT2D eigenvalue weighted by molar-refractivity contribution is 14.0. The third-order valence-corrected chi connectivity index (χ3v) is 4.08. The molecule has 0 radical (unpaired) electrons. The lowest BCUT2D eigenvalue weighted by Gasteiger charge is -2.26. The molecule has 0 bridgehead atoms. The molecule has 3 rings (SSSR count). The number of aromatic nitrogens is 1. The highest BCUT2D eigenvalue weighted by atomic mass is 127. The average molecular weight is 484 g/mol. The Hall–Kier alpha value is -2.07. The van der Waals surface area contributed by atoms with Crippen molar-refractivity contribution in [2.75, 3.05) is 26.9 Å². The fraction of sp³-hybridized carbons (Fsp3) is 0.368. The second kappa shape index (κ2) is 10.9. The first-order chi connectivity index (χ1) is 12.8. The number of nitrogens with zero attached hydrogens (tertiary/aromatic N) is 2. The molecule has 0 amide bonds. The largest absolute Gasteiger partial charge is 0.493 e. The van der Waals surface area contributed by atoms with Crippen LogP contribution in [0.1, 0.15) is 23.6 Å². The van der Waals surface area contributed by atoms with Gasteiger partial charge in [-0.1, -0.05) is 24.3 Å². The van der Waals surface area contributed by atoms with E-state index in [1.165, 1.54) is 0 Å². The van der Waals surface area contributed by atoms with Gasteiger partial charge in [0.15, 0.2) is 5.96 Å². The van der Waals surface area contributed by atoms with Gasteiger partial charge in [0.1, 0.15) is 12.4 Å². The highest BCUT2D eigenvalue weighted by Crippen LogP contribution is 2.31. The van der Waals surface area contributed by atoms with Gasteiger partial charge in [-0.2, -0.15) is 0 Å². The maximum atomic E-state index is 6.10. The number of methoxy groups -OCH3 is 1. The molecule has 2 aromatic rings. The van der Waals surface area contributed by atoms with Crippen LogP contribution in [0.15, 0.2) is 47.6 Å². The van der Waals surface area contributed by atoms with Gasteiger partial charge in [0.05, 0.1) is 25.8 Å². The van der Waals surface area contributed by atoms with Crippen LogP contribution in [0.25, 0.3) is 0 Å². The normalized spacial score (nSPS) is 15.9. The summed E-state index contributed by atoms with van der Waals surface area (Å²) in [6.45, 7) is 1.99. The summed E-state index contributed by atoms with van der Waals surface area (Å²) in [5.74, 6) is 1.83. The Balaban J connectivity index is 0.00000261. The summed E-state index contributed by atoms with van der Waals surface area (Å²) in [5, 5.41) is 3.28. The molecule has 1 aromatic heterocycles. The van der Waals surface area contributed by atoms with Crippen molar-refractivity contribution in [3.05, 3.63) is 53.7 Å². The topological polar surface area (TPSA) is 91.0 Å². The first-order valence-electron chi connectivity index (χ1n) is 8.61. The molecule has 27 heavy (non-hydrogen) atoms. The minimum atomic E-state index is 0. The highest BCUT2D eigenvalue weighted by Gasteiger charge is 2.21. The smallest absolute Gasteiger partial charge is 0.218 e. The second-order valence-electron chi connectivity index (χ2n) is 5.88. The fourth-order valence-corrected chi connectivity index (χ4v) is 2.78. The molecule has 7 nitrogen and oxygen atoms in total. The molecule has 8 heteroatoms. The monoisotopic (exact) mass is 484 g/mol. The molecule has 3 N–H and O–H groups in total. The number of para-hydroxylation sites is 1. The third-order valence-electron chi connectivity index (χ3n) is 4.08. The van der Waals surface area contributed by atoms with Crippen LogP contribution in [-0.2, 0) is 11.3 Å². The van der Waals surface area contributed by atoms with Crippen LogP contribution in [-0.4, -0.2) is 37.9 Å². The van der Waals surface area contributed by atoms with E-state index in [-0.39, 0.29) is 30.0 Å². The molecule has 1 aliphatic heterocycles. The summed E-state index contributed by atoms with van der Waals surface area (Å²) in [7, 11) is 1.63. The van der Waals surface area contributed by atoms with E-state index in [0.29, 0.717) is 38.2 Å². The van der Waals surface area contributed by atoms with Gasteiger partial charge in [0.25, 0.3) is 0 Å². The van der Waals surface area contributed by atoms with Gasteiger partial charge >= 0.3 is 0 Å². The van der Waals surface area contributed by atoms with Crippen LogP contribution in [0.4, 0.5) is 0 Å². The molecular formula is C19H25IN4O3. The van der Waals surface area contributed by atoms with Crippen LogP contribution in [0.2, 0.25) is 0 Å². The predicted octanol–water partition coefficient (Wildman–Crippen LogP) is 2.65. The molecule has 0 saturated carbocycles. The molecule has 0 fully saturated rings. The maximum absolute atomic E-state index is 6.10. The van der Waals surface area contributed by atoms with E-state index in [0.717, 1.165) is 23.3 Å². The molecule has 1 unspecified atom stereocenters. The predicted molar refractivity (Wildman–Crippen MR) is 115 cm³/mol. The van der Waals surface area contributed by atoms with E-state index in [9.17, 15) is 0 Å². The molecule has 0 spiro atoms. The zero-order chi connectivity index (χ0) is 18.2. The van der Waals surface area contributed by atoms with Gasteiger partial charge in [-0.05, 0) is 12.1 Å². The summed E-state index contributed by atoms with van der Waals surface area (Å²) in [5.41, 5.74) is 8.07. The number of pyridine rings is 1. The van der Waals surface area contributed by atoms with Gasteiger partial charge in [0.2, 0.25) is 5.88 Å². The molecule has 1 aliphatic rings. The number of nitrogens with one attached hydrogen (secondary N) is 1. The Morgan fingerprint density at radius 3 is 3.00 bits per heavy atom. The summed E-state index contributed by atoms with van der Waals surface area (Å²) in [6, 6.07) is 11.8. The summed E-state index contributed by atoms with van der Waals surface area (Å²) in [4.78, 5) is 8.69. The SMILES string of the molecule is COCCOc1ncccc1CN=C(N)NC1CCOc2ccccc21.I. The molecule has 0 saturated heterocycles. The van der Waals surface area contributed by atoms with Crippen LogP contribution in [0, 0.1) is 0 Å². The van der Waals surface area contributed by atoms with Crippen molar-refractivity contribution in [3.8, 4) is 11.6 Å². The summed E-state index contributed by atoms with van der Waals surface area (Å²) in [6.07, 6.45) is 2.53. The number of benzene rings is 1. The van der Waals surface area contributed by atoms with Crippen LogP contribution >= 0.6 is 24.0 Å². The molecule has 1 atom stereocenters. The van der Waals surface area contributed by atoms with Crippen molar-refractivity contribution in [2.24, 2.45) is 10.7 Å². The fourth-order valence-electron chi connectivity index (χ4n) is 2.78. The lowest BCUT2D eigenvalue weighted by Crippen LogP contribution is -2.37. The zero-order valence-corrected chi connectivity index (χ0v) is 17.6. The van der Waals surface area contributed by atoms with E-state index in [1.54, 1.807) is 13.3 Å². The van der Waals surface area contributed by atoms with Crippen molar-refractivity contribution in [2.45, 2.75) is 19.0 Å². The van der Waals surface area contributed by atoms with E-state index in [4.69, 9.17) is 19.9 Å². The Kier molecular flexibility index (Phi) is 8.59. The maximum Gasteiger partial charge on any atom is 0.218 e. The number of hydrogen-bond acceptors (Lipinski definition) is 5. The van der Waals surface area contributed by atoms with Gasteiger partial charge in [0, 0.05) is 30.9 Å². The number of ether oxygens (including phenoxy) is 3. The molecule has 0 aliphatic carbocycles. The number of halogens is 1. The van der Waals surface area contributed by atoms with Gasteiger partial charge in [-0.15, -0.1) is 24.0 Å². The number of hydrogen-bond donors (Lipinski definition) is 2. The summed E-state index contributed by atoms with van der Waals surface area (Å²) >= 11 is 0.